The van der Waals surface area contributed by atoms with E-state index in [1.165, 1.54) is 5.56 Å². The van der Waals surface area contributed by atoms with Crippen LogP contribution in [0.15, 0.2) is 42.5 Å². The van der Waals surface area contributed by atoms with Crippen molar-refractivity contribution in [3.05, 3.63) is 53.6 Å². The minimum atomic E-state index is 0.507. The summed E-state index contributed by atoms with van der Waals surface area (Å²) < 4.78 is 0. The highest BCUT2D eigenvalue weighted by Gasteiger charge is 2.11. The maximum atomic E-state index is 9.00. The Morgan fingerprint density at radius 3 is 2.39 bits per heavy atom. The standard InChI is InChI=1S/C15H15N3/c1-11-6-3-4-8-13(11)18(2)14-9-5-7-12(10-16)15(14)17/h3-9H,17H2,1-2H3. The summed E-state index contributed by atoms with van der Waals surface area (Å²) in [4.78, 5) is 2.01. The number of anilines is 3. The second-order valence-corrected chi connectivity index (χ2v) is 4.20. The predicted octanol–water partition coefficient (Wildman–Crippen LogP) is 3.22. The Morgan fingerprint density at radius 1 is 1.06 bits per heavy atom. The number of nitrogens with zero attached hydrogens (tertiary/aromatic N) is 2. The molecule has 2 aromatic carbocycles. The van der Waals surface area contributed by atoms with E-state index in [1.807, 2.05) is 42.3 Å². The topological polar surface area (TPSA) is 53.0 Å². The van der Waals surface area contributed by atoms with Gasteiger partial charge in [0, 0.05) is 12.7 Å². The lowest BCUT2D eigenvalue weighted by atomic mass is 10.1. The molecule has 0 atom stereocenters. The van der Waals surface area contributed by atoms with E-state index in [-0.39, 0.29) is 0 Å². The van der Waals surface area contributed by atoms with Crippen LogP contribution < -0.4 is 10.6 Å². The highest BCUT2D eigenvalue weighted by atomic mass is 15.1. The van der Waals surface area contributed by atoms with Crippen LogP contribution in [0.4, 0.5) is 17.1 Å². The first kappa shape index (κ1) is 12.0. The fourth-order valence-electron chi connectivity index (χ4n) is 2.01. The molecule has 0 aliphatic rings. The van der Waals surface area contributed by atoms with Gasteiger partial charge in [0.1, 0.15) is 6.07 Å². The van der Waals surface area contributed by atoms with Gasteiger partial charge >= 0.3 is 0 Å². The van der Waals surface area contributed by atoms with Crippen molar-refractivity contribution in [2.75, 3.05) is 17.7 Å². The van der Waals surface area contributed by atoms with Crippen LogP contribution in [-0.2, 0) is 0 Å². The summed E-state index contributed by atoms with van der Waals surface area (Å²) >= 11 is 0. The summed E-state index contributed by atoms with van der Waals surface area (Å²) in [6.45, 7) is 2.05. The van der Waals surface area contributed by atoms with Gasteiger partial charge < -0.3 is 10.6 Å². The second kappa shape index (κ2) is 4.80. The minimum absolute atomic E-state index is 0.507. The molecule has 0 saturated carbocycles. The second-order valence-electron chi connectivity index (χ2n) is 4.20. The number of nitrogens with two attached hydrogens (primary N) is 1. The van der Waals surface area contributed by atoms with Gasteiger partial charge in [0.2, 0.25) is 0 Å². The molecule has 2 rings (SSSR count). The van der Waals surface area contributed by atoms with Crippen molar-refractivity contribution in [1.29, 1.82) is 5.26 Å². The molecule has 0 radical (unpaired) electrons. The molecule has 3 heteroatoms. The summed E-state index contributed by atoms with van der Waals surface area (Å²) in [7, 11) is 1.95. The quantitative estimate of drug-likeness (QED) is 0.816. The molecule has 0 aliphatic heterocycles. The molecule has 0 unspecified atom stereocenters. The number of hydrogen-bond donors (Lipinski definition) is 1. The van der Waals surface area contributed by atoms with Crippen LogP contribution in [0, 0.1) is 18.3 Å². The fourth-order valence-corrected chi connectivity index (χ4v) is 2.01. The van der Waals surface area contributed by atoms with E-state index in [4.69, 9.17) is 11.0 Å². The number of hydrogen-bond acceptors (Lipinski definition) is 3. The van der Waals surface area contributed by atoms with Crippen molar-refractivity contribution < 1.29 is 0 Å². The van der Waals surface area contributed by atoms with Gasteiger partial charge in [0.15, 0.2) is 0 Å². The molecule has 0 amide bonds. The zero-order chi connectivity index (χ0) is 13.1. The Labute approximate surface area is 107 Å². The maximum absolute atomic E-state index is 9.00. The Kier molecular flexibility index (Phi) is 3.20. The molecule has 0 bridgehead atoms. The first-order valence-corrected chi connectivity index (χ1v) is 5.73. The molecule has 3 nitrogen and oxygen atoms in total. The zero-order valence-corrected chi connectivity index (χ0v) is 10.5. The predicted molar refractivity (Wildman–Crippen MR) is 74.8 cm³/mol. The van der Waals surface area contributed by atoms with Gasteiger partial charge in [-0.1, -0.05) is 24.3 Å². The lowest BCUT2D eigenvalue weighted by Gasteiger charge is -2.23. The first-order valence-electron chi connectivity index (χ1n) is 5.73. The van der Waals surface area contributed by atoms with Gasteiger partial charge in [0.05, 0.1) is 16.9 Å². The van der Waals surface area contributed by atoms with E-state index < -0.39 is 0 Å². The molecule has 0 aliphatic carbocycles. The van der Waals surface area contributed by atoms with Gasteiger partial charge in [-0.2, -0.15) is 5.26 Å². The largest absolute Gasteiger partial charge is 0.396 e. The Balaban J connectivity index is 2.51. The van der Waals surface area contributed by atoms with Crippen molar-refractivity contribution in [1.82, 2.24) is 0 Å². The van der Waals surface area contributed by atoms with Crippen molar-refractivity contribution in [2.24, 2.45) is 0 Å². The number of para-hydroxylation sites is 2. The molecule has 0 spiro atoms. The number of benzene rings is 2. The normalized spacial score (nSPS) is 9.83. The first-order chi connectivity index (χ1) is 8.65. The van der Waals surface area contributed by atoms with E-state index in [9.17, 15) is 0 Å². The van der Waals surface area contributed by atoms with Gasteiger partial charge in [-0.3, -0.25) is 0 Å². The summed E-state index contributed by atoms with van der Waals surface area (Å²) in [6, 6.07) is 15.7. The Hall–Kier alpha value is -2.47. The molecule has 0 saturated heterocycles. The zero-order valence-electron chi connectivity index (χ0n) is 10.5. The van der Waals surface area contributed by atoms with E-state index in [2.05, 4.69) is 19.1 Å². The van der Waals surface area contributed by atoms with Crippen LogP contribution in [0.25, 0.3) is 0 Å². The minimum Gasteiger partial charge on any atom is -0.396 e. The van der Waals surface area contributed by atoms with E-state index in [1.54, 1.807) is 6.07 Å². The number of nitriles is 1. The summed E-state index contributed by atoms with van der Waals surface area (Å²) in [5.41, 5.74) is 10.1. The number of rotatable bonds is 2. The van der Waals surface area contributed by atoms with Crippen LogP contribution in [-0.4, -0.2) is 7.05 Å². The third-order valence-corrected chi connectivity index (χ3v) is 3.04. The molecule has 2 N–H and O–H groups in total. The highest BCUT2D eigenvalue weighted by Crippen LogP contribution is 2.32. The van der Waals surface area contributed by atoms with Crippen LogP contribution in [0.5, 0.6) is 0 Å². The van der Waals surface area contributed by atoms with Crippen LogP contribution in [0.1, 0.15) is 11.1 Å². The van der Waals surface area contributed by atoms with Gasteiger partial charge in [-0.05, 0) is 30.7 Å². The summed E-state index contributed by atoms with van der Waals surface area (Å²) in [5, 5.41) is 9.00. The van der Waals surface area contributed by atoms with Crippen molar-refractivity contribution in [3.8, 4) is 6.07 Å². The van der Waals surface area contributed by atoms with Gasteiger partial charge in [-0.25, -0.2) is 0 Å². The molecular weight excluding hydrogens is 222 g/mol. The maximum Gasteiger partial charge on any atom is 0.101 e. The third kappa shape index (κ3) is 2.01. The molecule has 18 heavy (non-hydrogen) atoms. The lowest BCUT2D eigenvalue weighted by Crippen LogP contribution is -2.13. The molecule has 0 heterocycles. The number of aryl methyl sites for hydroxylation is 1. The van der Waals surface area contributed by atoms with Crippen molar-refractivity contribution in [3.63, 3.8) is 0 Å². The molecule has 2 aromatic rings. The van der Waals surface area contributed by atoms with E-state index >= 15 is 0 Å². The summed E-state index contributed by atoms with van der Waals surface area (Å²) in [5.74, 6) is 0. The molecular formula is C15H15N3. The third-order valence-electron chi connectivity index (χ3n) is 3.04. The van der Waals surface area contributed by atoms with Crippen LogP contribution >= 0.6 is 0 Å². The van der Waals surface area contributed by atoms with Gasteiger partial charge in [0.25, 0.3) is 0 Å². The highest BCUT2D eigenvalue weighted by molar-refractivity contribution is 5.79. The van der Waals surface area contributed by atoms with E-state index in [0.717, 1.165) is 11.4 Å². The molecule has 0 fully saturated rings. The SMILES string of the molecule is Cc1ccccc1N(C)c1cccc(C#N)c1N. The average molecular weight is 237 g/mol. The smallest absolute Gasteiger partial charge is 0.101 e. The Morgan fingerprint density at radius 2 is 1.72 bits per heavy atom. The van der Waals surface area contributed by atoms with Crippen molar-refractivity contribution in [2.45, 2.75) is 6.92 Å². The lowest BCUT2D eigenvalue weighted by molar-refractivity contribution is 1.19. The Bertz CT molecular complexity index is 611. The summed E-state index contributed by atoms with van der Waals surface area (Å²) in [6.07, 6.45) is 0. The van der Waals surface area contributed by atoms with Crippen LogP contribution in [0.2, 0.25) is 0 Å². The van der Waals surface area contributed by atoms with Gasteiger partial charge in [-0.15, -0.1) is 0 Å². The van der Waals surface area contributed by atoms with Crippen LogP contribution in [0.3, 0.4) is 0 Å². The van der Waals surface area contributed by atoms with Crippen molar-refractivity contribution >= 4 is 17.1 Å². The van der Waals surface area contributed by atoms with E-state index in [0.29, 0.717) is 11.3 Å². The molecule has 90 valence electrons. The fraction of sp³-hybridized carbons (Fsp3) is 0.133. The molecule has 0 aromatic heterocycles. The monoisotopic (exact) mass is 237 g/mol. The number of nitrogen functional groups attached to an aromatic ring is 1. The average Bonchev–Trinajstić information content (AvgIpc) is 2.39.